The first-order chi connectivity index (χ1) is 6.88. The summed E-state index contributed by atoms with van der Waals surface area (Å²) in [5, 5.41) is 0. The van der Waals surface area contributed by atoms with Crippen LogP contribution in [0.1, 0.15) is 24.3 Å². The molecule has 15 heavy (non-hydrogen) atoms. The van der Waals surface area contributed by atoms with Crippen molar-refractivity contribution in [3.05, 3.63) is 23.9 Å². The Hall–Kier alpha value is -1.62. The molecule has 1 aromatic rings. The number of hydrogen-bond acceptors (Lipinski definition) is 4. The van der Waals surface area contributed by atoms with Crippen LogP contribution in [0.25, 0.3) is 0 Å². The van der Waals surface area contributed by atoms with E-state index in [0.29, 0.717) is 12.5 Å². The van der Waals surface area contributed by atoms with E-state index in [9.17, 15) is 4.79 Å². The van der Waals surface area contributed by atoms with Gasteiger partial charge in [-0.15, -0.1) is 0 Å². The van der Waals surface area contributed by atoms with Gasteiger partial charge in [0.1, 0.15) is 12.3 Å². The van der Waals surface area contributed by atoms with Gasteiger partial charge in [0.15, 0.2) is 0 Å². The number of carbonyl (C=O) groups excluding carboxylic acids is 1. The van der Waals surface area contributed by atoms with Crippen molar-refractivity contribution in [2.45, 2.75) is 19.4 Å². The number of aromatic nitrogens is 1. The van der Waals surface area contributed by atoms with Gasteiger partial charge in [0.25, 0.3) is 5.91 Å². The molecular weight excluding hydrogens is 194 g/mol. The van der Waals surface area contributed by atoms with Gasteiger partial charge in [-0.3, -0.25) is 4.79 Å². The highest BCUT2D eigenvalue weighted by molar-refractivity contribution is 5.90. The molecule has 5 heteroatoms. The molecule has 1 aromatic heterocycles. The third-order valence-electron chi connectivity index (χ3n) is 1.57. The fourth-order valence-electron chi connectivity index (χ4n) is 0.892. The summed E-state index contributed by atoms with van der Waals surface area (Å²) in [7, 11) is 0. The Morgan fingerprint density at radius 2 is 2.20 bits per heavy atom. The maximum Gasteiger partial charge on any atom is 0.267 e. The van der Waals surface area contributed by atoms with E-state index in [2.05, 4.69) is 4.98 Å². The largest absolute Gasteiger partial charge is 0.476 e. The summed E-state index contributed by atoms with van der Waals surface area (Å²) >= 11 is 0. The van der Waals surface area contributed by atoms with E-state index >= 15 is 0 Å². The van der Waals surface area contributed by atoms with E-state index in [0.717, 1.165) is 0 Å². The van der Waals surface area contributed by atoms with Crippen LogP contribution in [-0.2, 0) is 0 Å². The third-order valence-corrected chi connectivity index (χ3v) is 1.57. The molecule has 0 bridgehead atoms. The van der Waals surface area contributed by atoms with Crippen LogP contribution in [0, 0.1) is 0 Å². The summed E-state index contributed by atoms with van der Waals surface area (Å²) in [5.41, 5.74) is 10.6. The lowest BCUT2D eigenvalue weighted by molar-refractivity contribution is 0.0994. The number of ether oxygens (including phenoxy) is 1. The van der Waals surface area contributed by atoms with Gasteiger partial charge < -0.3 is 16.2 Å². The summed E-state index contributed by atoms with van der Waals surface area (Å²) in [6.07, 6.45) is 0. The van der Waals surface area contributed by atoms with Crippen LogP contribution < -0.4 is 16.2 Å². The fraction of sp³-hybridized carbons (Fsp3) is 0.400. The van der Waals surface area contributed by atoms with E-state index in [-0.39, 0.29) is 5.69 Å². The molecule has 0 radical (unpaired) electrons. The molecule has 1 heterocycles. The number of carbonyl (C=O) groups is 1. The molecule has 82 valence electrons. The first kappa shape index (κ1) is 11.5. The Morgan fingerprint density at radius 3 is 2.73 bits per heavy atom. The topological polar surface area (TPSA) is 91.2 Å². The first-order valence-electron chi connectivity index (χ1n) is 4.57. The monoisotopic (exact) mass is 209 g/mol. The number of nitrogens with zero attached hydrogens (tertiary/aromatic N) is 1. The van der Waals surface area contributed by atoms with Gasteiger partial charge in [0.05, 0.1) is 0 Å². The molecule has 4 N–H and O–H groups in total. The average molecular weight is 209 g/mol. The van der Waals surface area contributed by atoms with Gasteiger partial charge in [-0.05, 0) is 19.9 Å². The smallest absolute Gasteiger partial charge is 0.267 e. The number of nitrogens with two attached hydrogens (primary N) is 2. The fourth-order valence-corrected chi connectivity index (χ4v) is 0.892. The Labute approximate surface area is 88.4 Å². The lowest BCUT2D eigenvalue weighted by Gasteiger charge is -2.18. The molecule has 0 aliphatic heterocycles. The molecule has 5 nitrogen and oxygen atoms in total. The molecule has 1 amide bonds. The quantitative estimate of drug-likeness (QED) is 0.745. The van der Waals surface area contributed by atoms with Gasteiger partial charge in [-0.1, -0.05) is 6.07 Å². The SMILES string of the molecule is CC(C)(N)COc1cccc(C(N)=O)n1. The van der Waals surface area contributed by atoms with Crippen molar-refractivity contribution in [2.75, 3.05) is 6.61 Å². The Kier molecular flexibility index (Phi) is 3.26. The molecule has 0 aliphatic rings. The van der Waals surface area contributed by atoms with Crippen LogP contribution in [-0.4, -0.2) is 23.0 Å². The Balaban J connectivity index is 2.70. The van der Waals surface area contributed by atoms with Crippen molar-refractivity contribution in [1.82, 2.24) is 4.98 Å². The molecule has 0 aliphatic carbocycles. The second-order valence-electron chi connectivity index (χ2n) is 4.00. The average Bonchev–Trinajstić information content (AvgIpc) is 2.14. The van der Waals surface area contributed by atoms with E-state index < -0.39 is 11.4 Å². The second kappa shape index (κ2) is 4.27. The van der Waals surface area contributed by atoms with Crippen LogP contribution in [0.2, 0.25) is 0 Å². The normalized spacial score (nSPS) is 11.1. The Morgan fingerprint density at radius 1 is 1.53 bits per heavy atom. The molecule has 0 unspecified atom stereocenters. The van der Waals surface area contributed by atoms with E-state index in [1.807, 2.05) is 13.8 Å². The minimum absolute atomic E-state index is 0.183. The van der Waals surface area contributed by atoms with Gasteiger partial charge in [-0.25, -0.2) is 4.98 Å². The number of hydrogen-bond donors (Lipinski definition) is 2. The van der Waals surface area contributed by atoms with Gasteiger partial charge in [0.2, 0.25) is 5.88 Å². The Bertz CT molecular complexity index is 358. The highest BCUT2D eigenvalue weighted by Gasteiger charge is 2.12. The van der Waals surface area contributed by atoms with E-state index in [1.165, 1.54) is 6.07 Å². The molecule has 0 aromatic carbocycles. The van der Waals surface area contributed by atoms with Crippen LogP contribution in [0.3, 0.4) is 0 Å². The predicted molar refractivity (Wildman–Crippen MR) is 56.5 cm³/mol. The lowest BCUT2D eigenvalue weighted by Crippen LogP contribution is -2.38. The standard InChI is InChI=1S/C10H15N3O2/c1-10(2,12)6-15-8-5-3-4-7(13-8)9(11)14/h3-5H,6,12H2,1-2H3,(H2,11,14). The first-order valence-corrected chi connectivity index (χ1v) is 4.57. The molecule has 0 saturated heterocycles. The van der Waals surface area contributed by atoms with Gasteiger partial charge in [-0.2, -0.15) is 0 Å². The van der Waals surface area contributed by atoms with Crippen LogP contribution in [0.15, 0.2) is 18.2 Å². The van der Waals surface area contributed by atoms with Crippen LogP contribution >= 0.6 is 0 Å². The summed E-state index contributed by atoms with van der Waals surface area (Å²) in [4.78, 5) is 14.8. The van der Waals surface area contributed by atoms with Crippen molar-refractivity contribution < 1.29 is 9.53 Å². The predicted octanol–water partition coefficient (Wildman–Crippen LogP) is 0.297. The van der Waals surface area contributed by atoms with Crippen molar-refractivity contribution in [3.63, 3.8) is 0 Å². The highest BCUT2D eigenvalue weighted by atomic mass is 16.5. The zero-order valence-electron chi connectivity index (χ0n) is 8.86. The molecule has 0 spiro atoms. The number of amides is 1. The van der Waals surface area contributed by atoms with Crippen molar-refractivity contribution >= 4 is 5.91 Å². The van der Waals surface area contributed by atoms with Crippen LogP contribution in [0.5, 0.6) is 5.88 Å². The molecule has 0 fully saturated rings. The number of primary amides is 1. The van der Waals surface area contributed by atoms with Crippen molar-refractivity contribution in [1.29, 1.82) is 0 Å². The van der Waals surface area contributed by atoms with Gasteiger partial charge in [0, 0.05) is 11.6 Å². The maximum absolute atomic E-state index is 10.8. The summed E-state index contributed by atoms with van der Waals surface area (Å²) in [5.74, 6) is -0.225. The summed E-state index contributed by atoms with van der Waals surface area (Å²) < 4.78 is 5.32. The van der Waals surface area contributed by atoms with E-state index in [4.69, 9.17) is 16.2 Å². The minimum atomic E-state index is -0.576. The molecule has 1 rings (SSSR count). The van der Waals surface area contributed by atoms with Gasteiger partial charge >= 0.3 is 0 Å². The van der Waals surface area contributed by atoms with E-state index in [1.54, 1.807) is 12.1 Å². The third kappa shape index (κ3) is 3.95. The number of pyridine rings is 1. The number of rotatable bonds is 4. The maximum atomic E-state index is 10.8. The summed E-state index contributed by atoms with van der Waals surface area (Å²) in [6.45, 7) is 4.00. The zero-order chi connectivity index (χ0) is 11.5. The molecule has 0 saturated carbocycles. The molecular formula is C10H15N3O2. The zero-order valence-corrected chi connectivity index (χ0v) is 8.86. The van der Waals surface area contributed by atoms with Crippen LogP contribution in [0.4, 0.5) is 0 Å². The summed E-state index contributed by atoms with van der Waals surface area (Å²) in [6, 6.07) is 4.84. The second-order valence-corrected chi connectivity index (χ2v) is 4.00. The lowest BCUT2D eigenvalue weighted by atomic mass is 10.1. The van der Waals surface area contributed by atoms with Crippen molar-refractivity contribution in [2.24, 2.45) is 11.5 Å². The molecule has 0 atom stereocenters. The highest BCUT2D eigenvalue weighted by Crippen LogP contribution is 2.09. The van der Waals surface area contributed by atoms with Crippen molar-refractivity contribution in [3.8, 4) is 5.88 Å². The minimum Gasteiger partial charge on any atom is -0.476 e.